The van der Waals surface area contributed by atoms with Crippen LogP contribution in [0.4, 0.5) is 16.3 Å². The van der Waals surface area contributed by atoms with Gasteiger partial charge in [0.15, 0.2) is 5.72 Å². The van der Waals surface area contributed by atoms with Crippen LogP contribution in [-0.2, 0) is 0 Å². The van der Waals surface area contributed by atoms with Crippen molar-refractivity contribution in [3.8, 4) is 5.75 Å². The highest BCUT2D eigenvalue weighted by molar-refractivity contribution is 9.10. The molecule has 0 aliphatic carbocycles. The lowest BCUT2D eigenvalue weighted by atomic mass is 9.90. The number of nitrogens with one attached hydrogen (secondary N) is 1. The number of carbonyl (C=O) groups excluding carboxylic acids is 2. The number of halogens is 1. The van der Waals surface area contributed by atoms with Gasteiger partial charge in [-0.1, -0.05) is 28.1 Å². The van der Waals surface area contributed by atoms with Gasteiger partial charge in [-0.15, -0.1) is 0 Å². The number of fused-ring (bicyclic) bond motifs is 4. The molecule has 1 N–H and O–H groups in total. The van der Waals surface area contributed by atoms with Gasteiger partial charge in [0.2, 0.25) is 0 Å². The Kier molecular flexibility index (Phi) is 5.59. The van der Waals surface area contributed by atoms with E-state index in [-0.39, 0.29) is 18.0 Å². The zero-order chi connectivity index (χ0) is 24.9. The van der Waals surface area contributed by atoms with Gasteiger partial charge in [0.25, 0.3) is 5.91 Å². The summed E-state index contributed by atoms with van der Waals surface area (Å²) < 4.78 is 7.33. The molecule has 3 aliphatic rings. The smallest absolute Gasteiger partial charge is 0.325 e. The lowest BCUT2D eigenvalue weighted by Crippen LogP contribution is -2.65. The number of ether oxygens (including phenoxy) is 1. The van der Waals surface area contributed by atoms with E-state index >= 15 is 0 Å². The monoisotopic (exact) mass is 547 g/mol. The van der Waals surface area contributed by atoms with Crippen LogP contribution in [0.2, 0.25) is 0 Å². The highest BCUT2D eigenvalue weighted by Crippen LogP contribution is 2.46. The van der Waals surface area contributed by atoms with E-state index in [1.165, 1.54) is 0 Å². The molecule has 8 nitrogen and oxygen atoms in total. The van der Waals surface area contributed by atoms with Crippen molar-refractivity contribution in [2.45, 2.75) is 25.1 Å². The van der Waals surface area contributed by atoms with Crippen molar-refractivity contribution in [1.29, 1.82) is 0 Å². The quantitative estimate of drug-likeness (QED) is 0.519. The van der Waals surface area contributed by atoms with Crippen LogP contribution in [0.25, 0.3) is 0 Å². The second kappa shape index (κ2) is 8.81. The molecule has 4 heterocycles. The molecule has 2 fully saturated rings. The minimum atomic E-state index is -0.871. The molecule has 9 heteroatoms. The van der Waals surface area contributed by atoms with E-state index in [2.05, 4.69) is 31.1 Å². The lowest BCUT2D eigenvalue weighted by molar-refractivity contribution is 0.0377. The number of amides is 3. The SMILES string of the molecule is C[C@@]12C[C@@H](NC(=O)N1c1cccc(C(=O)N3CCN(c4ccccn4)CC3)c1)c1cc(Br)ccc1O2. The van der Waals surface area contributed by atoms with Gasteiger partial charge in [-0.3, -0.25) is 9.69 Å². The summed E-state index contributed by atoms with van der Waals surface area (Å²) in [5.74, 6) is 1.63. The topological polar surface area (TPSA) is 78.0 Å². The fourth-order valence-corrected chi connectivity index (χ4v) is 5.76. The summed E-state index contributed by atoms with van der Waals surface area (Å²) >= 11 is 3.51. The van der Waals surface area contributed by atoms with Gasteiger partial charge in [0, 0.05) is 54.4 Å². The van der Waals surface area contributed by atoms with Crippen molar-refractivity contribution in [3.63, 3.8) is 0 Å². The number of rotatable bonds is 3. The third-order valence-electron chi connectivity index (χ3n) is 7.13. The standard InChI is InChI=1S/C27H26BrN5O3/c1-27-17-22(21-16-19(28)8-9-23(21)36-27)30-26(35)33(27)20-6-4-5-18(15-20)25(34)32-13-11-31(12-14-32)24-7-2-3-10-29-24/h2-10,15-16,22H,11-14,17H2,1H3,(H,30,35)/t22-,27-/m1/s1. The highest BCUT2D eigenvalue weighted by atomic mass is 79.9. The lowest BCUT2D eigenvalue weighted by Gasteiger charge is -2.50. The molecule has 0 radical (unpaired) electrons. The van der Waals surface area contributed by atoms with E-state index in [0.29, 0.717) is 30.8 Å². The Morgan fingerprint density at radius 2 is 1.92 bits per heavy atom. The van der Waals surface area contributed by atoms with Gasteiger partial charge in [0.05, 0.1) is 11.7 Å². The van der Waals surface area contributed by atoms with Crippen LogP contribution in [0.15, 0.2) is 71.3 Å². The number of pyridine rings is 1. The Morgan fingerprint density at radius 1 is 1.08 bits per heavy atom. The molecular formula is C27H26BrN5O3. The predicted octanol–water partition coefficient (Wildman–Crippen LogP) is 4.58. The summed E-state index contributed by atoms with van der Waals surface area (Å²) in [5, 5.41) is 3.12. The minimum Gasteiger partial charge on any atom is -0.467 e. The first-order valence-corrected chi connectivity index (χ1v) is 12.9. The third kappa shape index (κ3) is 3.97. The van der Waals surface area contributed by atoms with Crippen LogP contribution >= 0.6 is 15.9 Å². The normalized spacial score (nSPS) is 23.0. The van der Waals surface area contributed by atoms with E-state index in [1.54, 1.807) is 23.2 Å². The second-order valence-electron chi connectivity index (χ2n) is 9.52. The molecule has 2 bridgehead atoms. The number of urea groups is 1. The highest BCUT2D eigenvalue weighted by Gasteiger charge is 2.50. The Balaban J connectivity index is 1.22. The zero-order valence-electron chi connectivity index (χ0n) is 19.9. The van der Waals surface area contributed by atoms with E-state index in [1.807, 2.05) is 60.4 Å². The summed E-state index contributed by atoms with van der Waals surface area (Å²) in [4.78, 5) is 36.8. The maximum atomic E-state index is 13.4. The molecule has 1 aromatic heterocycles. The zero-order valence-corrected chi connectivity index (χ0v) is 21.4. The van der Waals surface area contributed by atoms with Crippen LogP contribution in [-0.4, -0.2) is 53.7 Å². The molecule has 2 saturated heterocycles. The molecule has 36 heavy (non-hydrogen) atoms. The number of carbonyl (C=O) groups is 2. The van der Waals surface area contributed by atoms with Crippen molar-refractivity contribution in [3.05, 3.63) is 82.5 Å². The third-order valence-corrected chi connectivity index (χ3v) is 7.62. The largest absolute Gasteiger partial charge is 0.467 e. The minimum absolute atomic E-state index is 0.0438. The molecule has 0 spiro atoms. The number of nitrogens with zero attached hydrogens (tertiary/aromatic N) is 4. The summed E-state index contributed by atoms with van der Waals surface area (Å²) in [6.07, 6.45) is 2.38. The molecule has 2 aromatic carbocycles. The van der Waals surface area contributed by atoms with Crippen LogP contribution < -0.4 is 19.9 Å². The van der Waals surface area contributed by atoms with Crippen molar-refractivity contribution in [2.75, 3.05) is 36.0 Å². The molecule has 3 aliphatic heterocycles. The van der Waals surface area contributed by atoms with Gasteiger partial charge in [-0.25, -0.2) is 9.78 Å². The van der Waals surface area contributed by atoms with Crippen molar-refractivity contribution in [2.24, 2.45) is 0 Å². The molecule has 184 valence electrons. The number of hydrogen-bond donors (Lipinski definition) is 1. The number of aromatic nitrogens is 1. The molecule has 2 atom stereocenters. The first-order chi connectivity index (χ1) is 17.4. The predicted molar refractivity (Wildman–Crippen MR) is 140 cm³/mol. The van der Waals surface area contributed by atoms with Gasteiger partial charge in [0.1, 0.15) is 11.6 Å². The van der Waals surface area contributed by atoms with Gasteiger partial charge >= 0.3 is 6.03 Å². The molecule has 3 aromatic rings. The number of hydrogen-bond acceptors (Lipinski definition) is 5. The fourth-order valence-electron chi connectivity index (χ4n) is 5.38. The van der Waals surface area contributed by atoms with Gasteiger partial charge in [-0.05, 0) is 55.5 Å². The fraction of sp³-hybridized carbons (Fsp3) is 0.296. The van der Waals surface area contributed by atoms with Crippen LogP contribution in [0.1, 0.15) is 35.3 Å². The molecule has 0 saturated carbocycles. The van der Waals surface area contributed by atoms with Crippen molar-refractivity contribution < 1.29 is 14.3 Å². The van der Waals surface area contributed by atoms with E-state index in [0.717, 1.165) is 34.7 Å². The average Bonchev–Trinajstić information content (AvgIpc) is 2.89. The second-order valence-corrected chi connectivity index (χ2v) is 10.4. The van der Waals surface area contributed by atoms with Gasteiger partial charge in [-0.2, -0.15) is 0 Å². The Morgan fingerprint density at radius 3 is 2.69 bits per heavy atom. The number of benzene rings is 2. The summed E-state index contributed by atoms with van der Waals surface area (Å²) in [5.41, 5.74) is 1.28. The van der Waals surface area contributed by atoms with E-state index in [4.69, 9.17) is 4.74 Å². The first-order valence-electron chi connectivity index (χ1n) is 12.1. The summed E-state index contributed by atoms with van der Waals surface area (Å²) in [6.45, 7) is 4.59. The first kappa shape index (κ1) is 22.8. The maximum absolute atomic E-state index is 13.4. The van der Waals surface area contributed by atoms with Crippen molar-refractivity contribution in [1.82, 2.24) is 15.2 Å². The van der Waals surface area contributed by atoms with Crippen molar-refractivity contribution >= 4 is 39.4 Å². The van der Waals surface area contributed by atoms with Crippen LogP contribution in [0.5, 0.6) is 5.75 Å². The molecular weight excluding hydrogens is 522 g/mol. The van der Waals surface area contributed by atoms with Crippen LogP contribution in [0.3, 0.4) is 0 Å². The average molecular weight is 548 g/mol. The van der Waals surface area contributed by atoms with Crippen LogP contribution in [0, 0.1) is 0 Å². The maximum Gasteiger partial charge on any atom is 0.325 e. The molecule has 3 amide bonds. The molecule has 6 rings (SSSR count). The summed E-state index contributed by atoms with van der Waals surface area (Å²) in [7, 11) is 0. The Labute approximate surface area is 218 Å². The van der Waals surface area contributed by atoms with E-state index < -0.39 is 5.72 Å². The molecule has 0 unspecified atom stereocenters. The Bertz CT molecular complexity index is 1330. The number of anilines is 2. The number of piperazine rings is 1. The summed E-state index contributed by atoms with van der Waals surface area (Å²) in [6, 6.07) is 18.6. The van der Waals surface area contributed by atoms with E-state index in [9.17, 15) is 9.59 Å². The Hall–Kier alpha value is -3.59. The van der Waals surface area contributed by atoms with Gasteiger partial charge < -0.3 is 19.9 Å².